The maximum absolute atomic E-state index is 6.04. The molecule has 3 aliphatic rings. The van der Waals surface area contributed by atoms with E-state index in [1.54, 1.807) is 0 Å². The summed E-state index contributed by atoms with van der Waals surface area (Å²) >= 11 is 0. The van der Waals surface area contributed by atoms with Crippen LogP contribution in [0.2, 0.25) is 0 Å². The van der Waals surface area contributed by atoms with Gasteiger partial charge in [0.1, 0.15) is 5.52 Å². The Morgan fingerprint density at radius 3 is 2.93 bits per heavy atom. The van der Waals surface area contributed by atoms with Gasteiger partial charge in [-0.05, 0) is 48.6 Å². The van der Waals surface area contributed by atoms with Crippen LogP contribution in [0.5, 0.6) is 0 Å². The standard InChI is InChI=1S/C22H22N6/c23-21-20-17(26-22(24)27-21)12-11-16(25-20)13-28-18-7-3-1-5-14(18)9-10-15-6-2-4-8-19(15)28/h1,3-5,7-9,11-12,18H,2,6,10,13H2,(H4,23,24,26,27). The second kappa shape index (κ2) is 6.64. The predicted octanol–water partition coefficient (Wildman–Crippen LogP) is 3.42. The van der Waals surface area contributed by atoms with Gasteiger partial charge >= 0.3 is 0 Å². The van der Waals surface area contributed by atoms with Gasteiger partial charge in [-0.2, -0.15) is 4.98 Å². The van der Waals surface area contributed by atoms with E-state index in [0.717, 1.165) is 25.0 Å². The number of pyridine rings is 1. The Morgan fingerprint density at radius 2 is 2.00 bits per heavy atom. The lowest BCUT2D eigenvalue weighted by molar-refractivity contribution is 0.316. The first-order valence-corrected chi connectivity index (χ1v) is 9.58. The Kier molecular flexibility index (Phi) is 3.97. The molecule has 2 aliphatic carbocycles. The number of nitrogen functional groups attached to an aromatic ring is 2. The molecule has 140 valence electrons. The van der Waals surface area contributed by atoms with Gasteiger partial charge in [0.2, 0.25) is 5.95 Å². The van der Waals surface area contributed by atoms with Gasteiger partial charge < -0.3 is 16.4 Å². The maximum atomic E-state index is 6.04. The van der Waals surface area contributed by atoms with Crippen LogP contribution in [0.1, 0.15) is 25.0 Å². The lowest BCUT2D eigenvalue weighted by atomic mass is 9.99. The highest BCUT2D eigenvalue weighted by atomic mass is 15.2. The van der Waals surface area contributed by atoms with E-state index in [1.165, 1.54) is 16.8 Å². The van der Waals surface area contributed by atoms with Gasteiger partial charge in [0.25, 0.3) is 0 Å². The molecule has 0 spiro atoms. The van der Waals surface area contributed by atoms with Crippen molar-refractivity contribution in [3.05, 3.63) is 77.2 Å². The normalized spacial score (nSPS) is 20.8. The van der Waals surface area contributed by atoms with Crippen LogP contribution in [0.25, 0.3) is 11.0 Å². The van der Waals surface area contributed by atoms with Gasteiger partial charge in [0.05, 0.1) is 23.8 Å². The zero-order valence-corrected chi connectivity index (χ0v) is 15.5. The number of hydrogen-bond donors (Lipinski definition) is 2. The van der Waals surface area contributed by atoms with Crippen LogP contribution < -0.4 is 11.5 Å². The molecule has 0 saturated heterocycles. The SMILES string of the molecule is Nc1nc(N)c2nc(CN3C4=C(CC=C5C=CC=CC53)CCC=C4)ccc2n1. The lowest BCUT2D eigenvalue weighted by Crippen LogP contribution is -2.34. The van der Waals surface area contributed by atoms with E-state index in [1.807, 2.05) is 12.1 Å². The molecule has 4 N–H and O–H groups in total. The smallest absolute Gasteiger partial charge is 0.222 e. The Hall–Kier alpha value is -3.41. The number of hydrogen-bond acceptors (Lipinski definition) is 6. The van der Waals surface area contributed by atoms with E-state index in [2.05, 4.69) is 57.4 Å². The average molecular weight is 370 g/mol. The Morgan fingerprint density at radius 1 is 1.07 bits per heavy atom. The largest absolute Gasteiger partial charge is 0.382 e. The molecule has 6 nitrogen and oxygen atoms in total. The molecule has 1 unspecified atom stereocenters. The molecular weight excluding hydrogens is 348 g/mol. The summed E-state index contributed by atoms with van der Waals surface area (Å²) in [6.45, 7) is 0.684. The van der Waals surface area contributed by atoms with Gasteiger partial charge in [-0.3, -0.25) is 0 Å². The minimum atomic E-state index is 0.170. The summed E-state index contributed by atoms with van der Waals surface area (Å²) in [6, 6.07) is 4.12. The zero-order valence-electron chi connectivity index (χ0n) is 15.5. The van der Waals surface area contributed by atoms with Gasteiger partial charge in [-0.15, -0.1) is 0 Å². The minimum Gasteiger partial charge on any atom is -0.382 e. The second-order valence-electron chi connectivity index (χ2n) is 7.29. The van der Waals surface area contributed by atoms with Crippen molar-refractivity contribution in [1.82, 2.24) is 19.9 Å². The van der Waals surface area contributed by atoms with E-state index in [-0.39, 0.29) is 12.0 Å². The van der Waals surface area contributed by atoms with Crippen LogP contribution in [0.15, 0.2) is 71.5 Å². The zero-order chi connectivity index (χ0) is 19.1. The highest BCUT2D eigenvalue weighted by Gasteiger charge is 2.27. The average Bonchev–Trinajstić information content (AvgIpc) is 2.86. The summed E-state index contributed by atoms with van der Waals surface area (Å²) in [7, 11) is 0. The molecule has 6 heteroatoms. The molecule has 1 aliphatic heterocycles. The van der Waals surface area contributed by atoms with Gasteiger partial charge in [0.15, 0.2) is 5.82 Å². The molecule has 1 atom stereocenters. The van der Waals surface area contributed by atoms with Gasteiger partial charge in [-0.25, -0.2) is 9.97 Å². The Labute approximate surface area is 163 Å². The molecule has 0 radical (unpaired) electrons. The fourth-order valence-electron chi connectivity index (χ4n) is 4.15. The quantitative estimate of drug-likeness (QED) is 0.841. The highest BCUT2D eigenvalue weighted by Crippen LogP contribution is 2.35. The van der Waals surface area contributed by atoms with Crippen molar-refractivity contribution in [1.29, 1.82) is 0 Å². The molecular formula is C22H22N6. The van der Waals surface area contributed by atoms with Crippen molar-refractivity contribution in [3.8, 4) is 0 Å². The number of rotatable bonds is 2. The molecule has 0 amide bonds. The van der Waals surface area contributed by atoms with E-state index in [9.17, 15) is 0 Å². The summed E-state index contributed by atoms with van der Waals surface area (Å²) in [5.41, 5.74) is 18.1. The number of nitrogens with zero attached hydrogens (tertiary/aromatic N) is 4. The van der Waals surface area contributed by atoms with Crippen LogP contribution in [0.3, 0.4) is 0 Å². The van der Waals surface area contributed by atoms with Crippen molar-refractivity contribution in [2.75, 3.05) is 11.5 Å². The Balaban J connectivity index is 1.57. The molecule has 3 heterocycles. The highest BCUT2D eigenvalue weighted by molar-refractivity contribution is 5.84. The number of anilines is 2. The minimum absolute atomic E-state index is 0.170. The summed E-state index contributed by atoms with van der Waals surface area (Å²) in [5, 5.41) is 0. The number of nitrogens with two attached hydrogens (primary N) is 2. The van der Waals surface area contributed by atoms with Crippen molar-refractivity contribution >= 4 is 22.8 Å². The monoisotopic (exact) mass is 370 g/mol. The van der Waals surface area contributed by atoms with Crippen molar-refractivity contribution in [2.45, 2.75) is 31.8 Å². The van der Waals surface area contributed by atoms with E-state index in [4.69, 9.17) is 16.5 Å². The number of allylic oxidation sites excluding steroid dienone is 6. The van der Waals surface area contributed by atoms with Gasteiger partial charge in [0, 0.05) is 5.70 Å². The molecule has 0 fully saturated rings. The molecule has 0 aromatic carbocycles. The summed E-state index contributed by atoms with van der Waals surface area (Å²) in [4.78, 5) is 15.5. The topological polar surface area (TPSA) is 93.9 Å². The third-order valence-corrected chi connectivity index (χ3v) is 5.49. The van der Waals surface area contributed by atoms with Crippen LogP contribution in [0, 0.1) is 0 Å². The second-order valence-corrected chi connectivity index (χ2v) is 7.29. The molecule has 2 aromatic rings. The first-order chi connectivity index (χ1) is 13.7. The van der Waals surface area contributed by atoms with Gasteiger partial charge in [-0.1, -0.05) is 36.5 Å². The summed E-state index contributed by atoms with van der Waals surface area (Å²) in [6.07, 6.45) is 18.8. The van der Waals surface area contributed by atoms with Crippen molar-refractivity contribution in [2.24, 2.45) is 0 Å². The Bertz CT molecular complexity index is 1110. The third-order valence-electron chi connectivity index (χ3n) is 5.49. The van der Waals surface area contributed by atoms with Crippen molar-refractivity contribution in [3.63, 3.8) is 0 Å². The molecule has 28 heavy (non-hydrogen) atoms. The first-order valence-electron chi connectivity index (χ1n) is 9.58. The molecule has 0 saturated carbocycles. The van der Waals surface area contributed by atoms with E-state index in [0.29, 0.717) is 23.4 Å². The fourth-order valence-corrected chi connectivity index (χ4v) is 4.15. The lowest BCUT2D eigenvalue weighted by Gasteiger charge is -2.35. The number of aromatic nitrogens is 3. The summed E-state index contributed by atoms with van der Waals surface area (Å²) < 4.78 is 0. The molecule has 5 rings (SSSR count). The van der Waals surface area contributed by atoms with Crippen LogP contribution in [0.4, 0.5) is 11.8 Å². The first kappa shape index (κ1) is 16.7. The molecule has 0 bridgehead atoms. The summed E-state index contributed by atoms with van der Waals surface area (Å²) in [5.74, 6) is 0.488. The van der Waals surface area contributed by atoms with Crippen molar-refractivity contribution < 1.29 is 0 Å². The van der Waals surface area contributed by atoms with E-state index < -0.39 is 0 Å². The van der Waals surface area contributed by atoms with Crippen LogP contribution in [-0.4, -0.2) is 25.9 Å². The van der Waals surface area contributed by atoms with E-state index >= 15 is 0 Å². The molecule has 2 aromatic heterocycles. The third kappa shape index (κ3) is 2.87. The predicted molar refractivity (Wildman–Crippen MR) is 112 cm³/mol. The van der Waals surface area contributed by atoms with Crippen LogP contribution in [-0.2, 0) is 6.54 Å². The number of fused-ring (bicyclic) bond motifs is 2. The fraction of sp³-hybridized carbons (Fsp3) is 0.227. The maximum Gasteiger partial charge on any atom is 0.222 e. The van der Waals surface area contributed by atoms with Crippen LogP contribution >= 0.6 is 0 Å².